The number of alkyl halides is 3. The van der Waals surface area contributed by atoms with Crippen molar-refractivity contribution in [3.8, 4) is 0 Å². The summed E-state index contributed by atoms with van der Waals surface area (Å²) in [7, 11) is 0. The Hall–Kier alpha value is -1.70. The summed E-state index contributed by atoms with van der Waals surface area (Å²) < 4.78 is 49.7. The van der Waals surface area contributed by atoms with Crippen LogP contribution >= 0.6 is 12.2 Å². The fourth-order valence-corrected chi connectivity index (χ4v) is 1.06. The topological polar surface area (TPSA) is 50.4 Å². The molecule has 0 aliphatic heterocycles. The quantitative estimate of drug-likeness (QED) is 0.372. The molecule has 0 aliphatic rings. The summed E-state index contributed by atoms with van der Waals surface area (Å²) >= 11 is 4.44. The van der Waals surface area contributed by atoms with Crippen LogP contribution in [0.2, 0.25) is 0 Å². The van der Waals surface area contributed by atoms with Crippen LogP contribution < -0.4 is 11.2 Å². The van der Waals surface area contributed by atoms with E-state index in [1.54, 1.807) is 0 Å². The van der Waals surface area contributed by atoms with Gasteiger partial charge < -0.3 is 5.73 Å². The highest BCUT2D eigenvalue weighted by Gasteiger charge is 2.33. The first kappa shape index (κ1) is 13.4. The second-order valence-corrected chi connectivity index (χ2v) is 3.41. The van der Waals surface area contributed by atoms with Crippen LogP contribution in [0.15, 0.2) is 23.3 Å². The molecule has 0 aromatic heterocycles. The molecule has 1 aromatic rings. The Labute approximate surface area is 99.3 Å². The summed E-state index contributed by atoms with van der Waals surface area (Å²) in [6, 6.07) is 2.43. The molecule has 0 aliphatic carbocycles. The molecule has 0 spiro atoms. The van der Waals surface area contributed by atoms with Crippen LogP contribution in [0.5, 0.6) is 0 Å². The monoisotopic (exact) mass is 265 g/mol. The minimum absolute atomic E-state index is 0.103. The number of halogens is 4. The maximum Gasteiger partial charge on any atom is 0.419 e. The summed E-state index contributed by atoms with van der Waals surface area (Å²) in [6.45, 7) is 0. The van der Waals surface area contributed by atoms with Crippen molar-refractivity contribution in [1.29, 1.82) is 0 Å². The number of hydrazone groups is 1. The maximum atomic E-state index is 13.1. The molecule has 17 heavy (non-hydrogen) atoms. The van der Waals surface area contributed by atoms with Crippen LogP contribution in [0.4, 0.5) is 17.6 Å². The number of rotatable bonds is 2. The van der Waals surface area contributed by atoms with Gasteiger partial charge in [0.1, 0.15) is 5.82 Å². The SMILES string of the molecule is NC(=S)NN=Cc1ccc(C(F)(F)F)c(F)c1. The van der Waals surface area contributed by atoms with Gasteiger partial charge in [-0.25, -0.2) is 4.39 Å². The van der Waals surface area contributed by atoms with Crippen LogP contribution in [0.3, 0.4) is 0 Å². The molecule has 0 radical (unpaired) electrons. The third-order valence-electron chi connectivity index (χ3n) is 1.69. The fourth-order valence-electron chi connectivity index (χ4n) is 1.01. The van der Waals surface area contributed by atoms with Crippen molar-refractivity contribution >= 4 is 23.5 Å². The molecule has 3 N–H and O–H groups in total. The van der Waals surface area contributed by atoms with Crippen molar-refractivity contribution in [3.05, 3.63) is 35.1 Å². The molecular formula is C9H7F4N3S. The highest BCUT2D eigenvalue weighted by molar-refractivity contribution is 7.80. The van der Waals surface area contributed by atoms with Crippen LogP contribution in [0.1, 0.15) is 11.1 Å². The first-order chi connectivity index (χ1) is 7.80. The predicted octanol–water partition coefficient (Wildman–Crippen LogP) is 2.01. The standard InChI is InChI=1S/C9H7F4N3S/c10-7-3-5(4-15-16-8(14)17)1-2-6(7)9(11,12)13/h1-4H,(H3,14,16,17). The predicted molar refractivity (Wildman–Crippen MR) is 58.9 cm³/mol. The lowest BCUT2D eigenvalue weighted by Crippen LogP contribution is -2.24. The van der Waals surface area contributed by atoms with E-state index in [2.05, 4.69) is 22.7 Å². The first-order valence-corrected chi connectivity index (χ1v) is 4.67. The average Bonchev–Trinajstić information content (AvgIpc) is 2.14. The van der Waals surface area contributed by atoms with Gasteiger partial charge >= 0.3 is 6.18 Å². The summed E-state index contributed by atoms with van der Waals surface area (Å²) in [5.41, 5.74) is 6.07. The van der Waals surface area contributed by atoms with Crippen molar-refractivity contribution in [2.45, 2.75) is 6.18 Å². The number of nitrogens with zero attached hydrogens (tertiary/aromatic N) is 1. The summed E-state index contributed by atoms with van der Waals surface area (Å²) in [5, 5.41) is 3.38. The van der Waals surface area contributed by atoms with Gasteiger partial charge in [-0.3, -0.25) is 5.43 Å². The number of thiocarbonyl (C=S) groups is 1. The highest BCUT2D eigenvalue weighted by atomic mass is 32.1. The lowest BCUT2D eigenvalue weighted by Gasteiger charge is -2.07. The largest absolute Gasteiger partial charge is 0.419 e. The van der Waals surface area contributed by atoms with Gasteiger partial charge in [0.25, 0.3) is 0 Å². The Kier molecular flexibility index (Phi) is 4.00. The number of nitrogens with two attached hydrogens (primary N) is 1. The van der Waals surface area contributed by atoms with Crippen molar-refractivity contribution in [3.63, 3.8) is 0 Å². The molecule has 1 rings (SSSR count). The zero-order chi connectivity index (χ0) is 13.1. The second kappa shape index (κ2) is 5.09. The van der Waals surface area contributed by atoms with E-state index < -0.39 is 17.6 Å². The summed E-state index contributed by atoms with van der Waals surface area (Å²) in [4.78, 5) is 0. The van der Waals surface area contributed by atoms with E-state index in [1.165, 1.54) is 0 Å². The number of hydrogen-bond donors (Lipinski definition) is 2. The number of nitrogens with one attached hydrogen (secondary N) is 1. The first-order valence-electron chi connectivity index (χ1n) is 4.26. The molecular weight excluding hydrogens is 258 g/mol. The van der Waals surface area contributed by atoms with Crippen LogP contribution in [0, 0.1) is 5.82 Å². The molecule has 0 heterocycles. The number of benzene rings is 1. The summed E-state index contributed by atoms with van der Waals surface area (Å²) in [5.74, 6) is -1.36. The van der Waals surface area contributed by atoms with Crippen LogP contribution in [-0.2, 0) is 6.18 Å². The fraction of sp³-hybridized carbons (Fsp3) is 0.111. The van der Waals surface area contributed by atoms with Crippen molar-refractivity contribution < 1.29 is 17.6 Å². The maximum absolute atomic E-state index is 13.1. The lowest BCUT2D eigenvalue weighted by molar-refractivity contribution is -0.140. The van der Waals surface area contributed by atoms with Crippen molar-refractivity contribution in [1.82, 2.24) is 5.43 Å². The summed E-state index contributed by atoms with van der Waals surface area (Å²) in [6.07, 6.45) is -3.61. The second-order valence-electron chi connectivity index (χ2n) is 2.97. The molecule has 92 valence electrons. The van der Waals surface area contributed by atoms with E-state index in [9.17, 15) is 17.6 Å². The molecule has 1 aromatic carbocycles. The average molecular weight is 265 g/mol. The van der Waals surface area contributed by atoms with Gasteiger partial charge in [0.2, 0.25) is 0 Å². The number of hydrogen-bond acceptors (Lipinski definition) is 2. The van der Waals surface area contributed by atoms with E-state index in [4.69, 9.17) is 5.73 Å². The van der Waals surface area contributed by atoms with E-state index in [0.717, 1.165) is 12.3 Å². The Morgan fingerprint density at radius 1 is 1.41 bits per heavy atom. The van der Waals surface area contributed by atoms with Crippen LogP contribution in [0.25, 0.3) is 0 Å². The molecule has 0 bridgehead atoms. The Morgan fingerprint density at radius 2 is 2.06 bits per heavy atom. The van der Waals surface area contributed by atoms with E-state index >= 15 is 0 Å². The van der Waals surface area contributed by atoms with E-state index in [-0.39, 0.29) is 10.7 Å². The molecule has 3 nitrogen and oxygen atoms in total. The van der Waals surface area contributed by atoms with Gasteiger partial charge in [-0.1, -0.05) is 6.07 Å². The molecule has 8 heteroatoms. The van der Waals surface area contributed by atoms with Crippen molar-refractivity contribution in [2.75, 3.05) is 0 Å². The third-order valence-corrected chi connectivity index (χ3v) is 1.78. The Morgan fingerprint density at radius 3 is 2.53 bits per heavy atom. The minimum atomic E-state index is -4.71. The molecule has 0 atom stereocenters. The molecule has 0 amide bonds. The zero-order valence-electron chi connectivity index (χ0n) is 8.25. The van der Waals surface area contributed by atoms with Gasteiger partial charge in [-0.2, -0.15) is 18.3 Å². The van der Waals surface area contributed by atoms with E-state index in [1.807, 2.05) is 0 Å². The molecule has 0 fully saturated rings. The van der Waals surface area contributed by atoms with Gasteiger partial charge in [0, 0.05) is 0 Å². The molecule has 0 saturated heterocycles. The molecule has 0 saturated carbocycles. The Balaban J connectivity index is 2.90. The zero-order valence-corrected chi connectivity index (χ0v) is 9.07. The van der Waals surface area contributed by atoms with Gasteiger partial charge in [-0.15, -0.1) is 0 Å². The van der Waals surface area contributed by atoms with Gasteiger partial charge in [0.15, 0.2) is 5.11 Å². The minimum Gasteiger partial charge on any atom is -0.375 e. The van der Waals surface area contributed by atoms with Crippen molar-refractivity contribution in [2.24, 2.45) is 10.8 Å². The highest BCUT2D eigenvalue weighted by Crippen LogP contribution is 2.31. The third kappa shape index (κ3) is 3.99. The normalized spacial score (nSPS) is 11.8. The van der Waals surface area contributed by atoms with Gasteiger partial charge in [-0.05, 0) is 29.9 Å². The molecule has 0 unspecified atom stereocenters. The lowest BCUT2D eigenvalue weighted by atomic mass is 10.1. The smallest absolute Gasteiger partial charge is 0.375 e. The van der Waals surface area contributed by atoms with Gasteiger partial charge in [0.05, 0.1) is 11.8 Å². The van der Waals surface area contributed by atoms with E-state index in [0.29, 0.717) is 12.1 Å². The Bertz CT molecular complexity index is 456. The van der Waals surface area contributed by atoms with Crippen LogP contribution in [-0.4, -0.2) is 11.3 Å².